The molecule has 7 heteroatoms. The average Bonchev–Trinajstić information content (AvgIpc) is 2.70. The number of aliphatic imine (C=N–C) groups is 1. The van der Waals surface area contributed by atoms with Gasteiger partial charge in [-0.05, 0) is 18.2 Å². The molecule has 102 valence electrons. The van der Waals surface area contributed by atoms with Crippen LogP contribution in [0.15, 0.2) is 23.2 Å². The van der Waals surface area contributed by atoms with Crippen molar-refractivity contribution in [3.63, 3.8) is 0 Å². The summed E-state index contributed by atoms with van der Waals surface area (Å²) >= 11 is 0. The van der Waals surface area contributed by atoms with E-state index >= 15 is 0 Å². The van der Waals surface area contributed by atoms with Gasteiger partial charge in [0.2, 0.25) is 5.60 Å². The number of rotatable bonds is 1. The molecule has 2 heterocycles. The van der Waals surface area contributed by atoms with Crippen LogP contribution in [-0.4, -0.2) is 31.4 Å². The molecule has 1 aromatic rings. The Morgan fingerprint density at radius 3 is 2.84 bits per heavy atom. The minimum Gasteiger partial charge on any atom is -0.448 e. The Labute approximate surface area is 108 Å². The van der Waals surface area contributed by atoms with Crippen LogP contribution in [0.5, 0.6) is 0 Å². The van der Waals surface area contributed by atoms with Crippen molar-refractivity contribution >= 4 is 11.7 Å². The lowest BCUT2D eigenvalue weighted by molar-refractivity contribution is -0.0718. The molecule has 0 aromatic heterocycles. The molecule has 3 rings (SSSR count). The molecule has 2 aliphatic rings. The summed E-state index contributed by atoms with van der Waals surface area (Å²) in [6.45, 7) is -0.592. The molecule has 19 heavy (non-hydrogen) atoms. The number of benzene rings is 1. The van der Waals surface area contributed by atoms with Gasteiger partial charge in [0.25, 0.3) is 6.02 Å². The Bertz CT molecular complexity index is 566. The van der Waals surface area contributed by atoms with Crippen LogP contribution in [0.2, 0.25) is 0 Å². The number of ether oxygens (including phenoxy) is 2. The maximum absolute atomic E-state index is 15.0. The van der Waals surface area contributed by atoms with Gasteiger partial charge in [-0.25, -0.2) is 13.8 Å². The molecule has 0 aliphatic carbocycles. The van der Waals surface area contributed by atoms with Gasteiger partial charge in [0, 0.05) is 11.3 Å². The van der Waals surface area contributed by atoms with Gasteiger partial charge in [0.15, 0.2) is 5.67 Å². The fraction of sp³-hybridized carbons (Fsp3) is 0.417. The summed E-state index contributed by atoms with van der Waals surface area (Å²) in [5.74, 6) is -0.614. The van der Waals surface area contributed by atoms with Crippen LogP contribution in [0.3, 0.4) is 0 Å². The third kappa shape index (κ3) is 1.58. The Kier molecular flexibility index (Phi) is 2.43. The Hall–Kier alpha value is -1.89. The largest absolute Gasteiger partial charge is 0.448 e. The van der Waals surface area contributed by atoms with E-state index in [9.17, 15) is 8.78 Å². The number of fused-ring (bicyclic) bond motifs is 1. The Morgan fingerprint density at radius 2 is 2.05 bits per heavy atom. The van der Waals surface area contributed by atoms with Crippen LogP contribution in [0, 0.1) is 5.82 Å². The van der Waals surface area contributed by atoms with Crippen LogP contribution < -0.4 is 11.5 Å². The number of alkyl halides is 1. The van der Waals surface area contributed by atoms with Crippen molar-refractivity contribution in [3.05, 3.63) is 29.6 Å². The van der Waals surface area contributed by atoms with E-state index in [-0.39, 0.29) is 31.3 Å². The first kappa shape index (κ1) is 12.2. The minimum atomic E-state index is -1.95. The molecule has 1 fully saturated rings. The van der Waals surface area contributed by atoms with Crippen LogP contribution in [0.25, 0.3) is 0 Å². The van der Waals surface area contributed by atoms with E-state index in [0.717, 1.165) is 0 Å². The second-order valence-corrected chi connectivity index (χ2v) is 4.78. The van der Waals surface area contributed by atoms with Gasteiger partial charge in [-0.1, -0.05) is 0 Å². The first-order valence-electron chi connectivity index (χ1n) is 5.78. The summed E-state index contributed by atoms with van der Waals surface area (Å²) in [7, 11) is 0. The van der Waals surface area contributed by atoms with Gasteiger partial charge in [0.1, 0.15) is 5.82 Å². The molecule has 5 nitrogen and oxygen atoms in total. The number of nitrogens with zero attached hydrogens (tertiary/aromatic N) is 1. The van der Waals surface area contributed by atoms with Crippen molar-refractivity contribution in [1.82, 2.24) is 0 Å². The van der Waals surface area contributed by atoms with E-state index in [4.69, 9.17) is 20.9 Å². The van der Waals surface area contributed by atoms with E-state index in [1.54, 1.807) is 0 Å². The van der Waals surface area contributed by atoms with Crippen molar-refractivity contribution in [2.45, 2.75) is 11.3 Å². The first-order valence-corrected chi connectivity index (χ1v) is 5.78. The van der Waals surface area contributed by atoms with Crippen LogP contribution in [-0.2, 0) is 15.1 Å². The van der Waals surface area contributed by atoms with Gasteiger partial charge >= 0.3 is 0 Å². The van der Waals surface area contributed by atoms with Crippen molar-refractivity contribution in [2.24, 2.45) is 10.7 Å². The highest BCUT2D eigenvalue weighted by Crippen LogP contribution is 2.47. The number of hydrogen-bond acceptors (Lipinski definition) is 5. The van der Waals surface area contributed by atoms with Crippen LogP contribution in [0.1, 0.15) is 5.56 Å². The van der Waals surface area contributed by atoms with Crippen molar-refractivity contribution in [1.29, 1.82) is 0 Å². The van der Waals surface area contributed by atoms with Gasteiger partial charge in [-0.15, -0.1) is 0 Å². The monoisotopic (exact) mass is 269 g/mol. The molecule has 1 aromatic carbocycles. The summed E-state index contributed by atoms with van der Waals surface area (Å²) in [4.78, 5) is 3.73. The molecule has 0 unspecified atom stereocenters. The quantitative estimate of drug-likeness (QED) is 0.735. The average molecular weight is 269 g/mol. The highest BCUT2D eigenvalue weighted by Gasteiger charge is 2.63. The zero-order chi connectivity index (χ0) is 13.7. The first-order chi connectivity index (χ1) is 8.97. The highest BCUT2D eigenvalue weighted by molar-refractivity contribution is 5.73. The molecule has 1 saturated heterocycles. The molecule has 0 spiro atoms. The van der Waals surface area contributed by atoms with Gasteiger partial charge in [-0.2, -0.15) is 0 Å². The molecule has 0 saturated carbocycles. The molecular weight excluding hydrogens is 256 g/mol. The third-order valence-electron chi connectivity index (χ3n) is 3.55. The zero-order valence-electron chi connectivity index (χ0n) is 10.0. The van der Waals surface area contributed by atoms with E-state index in [1.807, 2.05) is 0 Å². The van der Waals surface area contributed by atoms with E-state index in [2.05, 4.69) is 4.99 Å². The number of nitrogen functional groups attached to an aromatic ring is 1. The predicted octanol–water partition coefficient (Wildman–Crippen LogP) is 0.687. The van der Waals surface area contributed by atoms with Crippen LogP contribution in [0.4, 0.5) is 14.5 Å². The summed E-state index contributed by atoms with van der Waals surface area (Å²) in [6, 6.07) is 3.73. The van der Waals surface area contributed by atoms with Gasteiger partial charge in [0.05, 0.1) is 19.8 Å². The number of anilines is 1. The standard InChI is InChI=1S/C12H13F2N3O2/c13-9-2-1-7(15)3-8(9)12-6-18-5-11(12,14)4-17-10(16)19-12/h1-3H,4-6,15H2,(H2,16,17)/t11-,12-/m1/s1. The predicted molar refractivity (Wildman–Crippen MR) is 64.7 cm³/mol. The molecule has 2 aliphatic heterocycles. The summed E-state index contributed by atoms with van der Waals surface area (Å²) in [5.41, 5.74) is 7.89. The SMILES string of the molecule is NC1=NC[C@@]2(F)COC[C@]2(c2cc(N)ccc2F)O1. The summed E-state index contributed by atoms with van der Waals surface area (Å²) in [5, 5.41) is 0. The number of halogens is 2. The topological polar surface area (TPSA) is 82.9 Å². The lowest BCUT2D eigenvalue weighted by atomic mass is 9.80. The lowest BCUT2D eigenvalue weighted by Gasteiger charge is -2.40. The maximum Gasteiger partial charge on any atom is 0.283 e. The van der Waals surface area contributed by atoms with E-state index in [1.165, 1.54) is 18.2 Å². The lowest BCUT2D eigenvalue weighted by Crippen LogP contribution is -2.57. The Balaban J connectivity index is 2.19. The number of amidine groups is 1. The number of hydrogen-bond donors (Lipinski definition) is 2. The van der Waals surface area contributed by atoms with Gasteiger partial charge < -0.3 is 20.9 Å². The molecule has 0 bridgehead atoms. The second kappa shape index (κ2) is 3.80. The molecule has 0 amide bonds. The fourth-order valence-corrected chi connectivity index (χ4v) is 2.54. The van der Waals surface area contributed by atoms with Crippen LogP contribution >= 0.6 is 0 Å². The molecular formula is C12H13F2N3O2. The molecule has 2 atom stereocenters. The third-order valence-corrected chi connectivity index (χ3v) is 3.55. The summed E-state index contributed by atoms with van der Waals surface area (Å²) in [6.07, 6.45) is 0. The van der Waals surface area contributed by atoms with Crippen molar-refractivity contribution in [3.8, 4) is 0 Å². The smallest absolute Gasteiger partial charge is 0.283 e. The Morgan fingerprint density at radius 1 is 1.26 bits per heavy atom. The minimum absolute atomic E-state index is 0.00495. The summed E-state index contributed by atoms with van der Waals surface area (Å²) < 4.78 is 39.5. The van der Waals surface area contributed by atoms with E-state index < -0.39 is 17.1 Å². The maximum atomic E-state index is 15.0. The van der Waals surface area contributed by atoms with Crippen molar-refractivity contribution < 1.29 is 18.3 Å². The fourth-order valence-electron chi connectivity index (χ4n) is 2.54. The zero-order valence-corrected chi connectivity index (χ0v) is 10.0. The molecule has 0 radical (unpaired) electrons. The van der Waals surface area contributed by atoms with Gasteiger partial charge in [-0.3, -0.25) is 0 Å². The molecule has 4 N–H and O–H groups in total. The number of nitrogens with two attached hydrogens (primary N) is 2. The normalized spacial score (nSPS) is 33.5. The second-order valence-electron chi connectivity index (χ2n) is 4.78. The van der Waals surface area contributed by atoms with E-state index in [0.29, 0.717) is 5.69 Å². The highest BCUT2D eigenvalue weighted by atomic mass is 19.1. The van der Waals surface area contributed by atoms with Crippen molar-refractivity contribution in [2.75, 3.05) is 25.5 Å².